The third-order valence-corrected chi connectivity index (χ3v) is 14.4. The van der Waals surface area contributed by atoms with E-state index in [1.54, 1.807) is 6.08 Å². The van der Waals surface area contributed by atoms with E-state index in [4.69, 9.17) is 0 Å². The van der Waals surface area contributed by atoms with Crippen LogP contribution in [0.1, 0.15) is 328 Å². The number of hydrogen-bond donors (Lipinski definition) is 4. The Hall–Kier alpha value is -1.69. The summed E-state index contributed by atoms with van der Waals surface area (Å²) in [5.74, 6) is -0.509. The average Bonchev–Trinajstić information content (AvgIpc) is 3.35. The van der Waals surface area contributed by atoms with Crippen LogP contribution in [0.3, 0.4) is 0 Å². The largest absolute Gasteiger partial charge is 0.394 e. The van der Waals surface area contributed by atoms with Crippen molar-refractivity contribution in [1.29, 1.82) is 0 Å². The van der Waals surface area contributed by atoms with Crippen LogP contribution in [0.5, 0.6) is 0 Å². The second-order valence-electron chi connectivity index (χ2n) is 21.3. The van der Waals surface area contributed by atoms with Gasteiger partial charge in [0.1, 0.15) is 6.10 Å². The lowest BCUT2D eigenvalue weighted by Gasteiger charge is -2.21. The Morgan fingerprint density at radius 1 is 0.362 bits per heavy atom. The highest BCUT2D eigenvalue weighted by molar-refractivity contribution is 5.80. The van der Waals surface area contributed by atoms with Gasteiger partial charge in [-0.05, 0) is 64.2 Å². The summed E-state index contributed by atoms with van der Waals surface area (Å²) in [5.41, 5.74) is 0. The Bertz CT molecular complexity index is 1110. The van der Waals surface area contributed by atoms with Crippen molar-refractivity contribution in [2.24, 2.45) is 0 Å². The van der Waals surface area contributed by atoms with Crippen molar-refractivity contribution in [2.45, 2.75) is 347 Å². The highest BCUT2D eigenvalue weighted by atomic mass is 16.3. The molecule has 3 unspecified atom stereocenters. The quantitative estimate of drug-likeness (QED) is 0.0361. The van der Waals surface area contributed by atoms with Crippen LogP contribution < -0.4 is 5.32 Å². The van der Waals surface area contributed by atoms with Crippen molar-refractivity contribution in [1.82, 2.24) is 5.32 Å². The number of carbonyl (C=O) groups excluding carboxylic acids is 1. The Kier molecular flexibility index (Phi) is 57.4. The molecular formula is C64H121NO4. The predicted molar refractivity (Wildman–Crippen MR) is 305 cm³/mol. The molecular weight excluding hydrogens is 847 g/mol. The molecule has 0 aliphatic carbocycles. The summed E-state index contributed by atoms with van der Waals surface area (Å²) in [6.45, 7) is 4.21. The molecule has 0 rings (SSSR count). The Morgan fingerprint density at radius 2 is 0.638 bits per heavy atom. The number of amides is 1. The number of aliphatic hydroxyl groups is 3. The SMILES string of the molecule is CCCCCCCCCCCCC/C=C\C/C=C\CCCCCCCCCCCCCCCCCCC(O)C(=O)NC(CO)C(O)/C=C/CC/C=C/CCCCCCCCCCCCCCCCC. The fourth-order valence-electron chi connectivity index (χ4n) is 9.59. The van der Waals surface area contributed by atoms with E-state index in [0.29, 0.717) is 6.42 Å². The lowest BCUT2D eigenvalue weighted by Crippen LogP contribution is -2.48. The number of rotatable bonds is 57. The van der Waals surface area contributed by atoms with Crippen LogP contribution in [0.25, 0.3) is 0 Å². The molecule has 0 aliphatic rings. The minimum absolute atomic E-state index is 0.375. The van der Waals surface area contributed by atoms with Crippen molar-refractivity contribution in [3.8, 4) is 0 Å². The zero-order valence-electron chi connectivity index (χ0n) is 46.5. The number of aliphatic hydroxyl groups excluding tert-OH is 3. The monoisotopic (exact) mass is 968 g/mol. The second kappa shape index (κ2) is 58.9. The Balaban J connectivity index is 3.55. The summed E-state index contributed by atoms with van der Waals surface area (Å²) in [6, 6.07) is -0.816. The molecule has 4 N–H and O–H groups in total. The topological polar surface area (TPSA) is 89.8 Å². The number of nitrogens with one attached hydrogen (secondary N) is 1. The van der Waals surface area contributed by atoms with Crippen LogP contribution in [0.2, 0.25) is 0 Å². The predicted octanol–water partition coefficient (Wildman–Crippen LogP) is 19.6. The summed E-state index contributed by atoms with van der Waals surface area (Å²) in [6.07, 6.45) is 79.3. The molecule has 0 spiro atoms. The minimum Gasteiger partial charge on any atom is -0.394 e. The lowest BCUT2D eigenvalue weighted by molar-refractivity contribution is -0.131. The van der Waals surface area contributed by atoms with Crippen molar-refractivity contribution in [3.05, 3.63) is 48.6 Å². The van der Waals surface area contributed by atoms with Crippen molar-refractivity contribution < 1.29 is 20.1 Å². The first-order valence-electron chi connectivity index (χ1n) is 31.0. The van der Waals surface area contributed by atoms with Gasteiger partial charge in [-0.2, -0.15) is 0 Å². The minimum atomic E-state index is -1.11. The van der Waals surface area contributed by atoms with Crippen LogP contribution in [-0.2, 0) is 4.79 Å². The highest BCUT2D eigenvalue weighted by Gasteiger charge is 2.22. The molecule has 69 heavy (non-hydrogen) atoms. The normalized spacial score (nSPS) is 13.5. The van der Waals surface area contributed by atoms with E-state index in [9.17, 15) is 20.1 Å². The molecule has 0 fully saturated rings. The van der Waals surface area contributed by atoms with Gasteiger partial charge < -0.3 is 20.6 Å². The summed E-state index contributed by atoms with van der Waals surface area (Å²) in [7, 11) is 0. The van der Waals surface area contributed by atoms with Gasteiger partial charge in [-0.15, -0.1) is 0 Å². The van der Waals surface area contributed by atoms with Gasteiger partial charge in [0.05, 0.1) is 18.8 Å². The molecule has 0 heterocycles. The molecule has 0 aromatic heterocycles. The molecule has 406 valence electrons. The summed E-state index contributed by atoms with van der Waals surface area (Å²) in [4.78, 5) is 12.6. The maximum atomic E-state index is 12.6. The Morgan fingerprint density at radius 3 is 0.971 bits per heavy atom. The van der Waals surface area contributed by atoms with Crippen LogP contribution >= 0.6 is 0 Å². The third kappa shape index (κ3) is 53.9. The van der Waals surface area contributed by atoms with E-state index in [1.165, 1.54) is 263 Å². The van der Waals surface area contributed by atoms with Gasteiger partial charge >= 0.3 is 0 Å². The smallest absolute Gasteiger partial charge is 0.249 e. The van der Waals surface area contributed by atoms with E-state index in [2.05, 4.69) is 55.6 Å². The van der Waals surface area contributed by atoms with Gasteiger partial charge in [0.25, 0.3) is 0 Å². The molecule has 5 nitrogen and oxygen atoms in total. The number of hydrogen-bond acceptors (Lipinski definition) is 4. The molecule has 0 saturated carbocycles. The van der Waals surface area contributed by atoms with E-state index >= 15 is 0 Å². The van der Waals surface area contributed by atoms with E-state index in [-0.39, 0.29) is 6.61 Å². The third-order valence-electron chi connectivity index (χ3n) is 14.4. The number of allylic oxidation sites excluding steroid dienone is 7. The van der Waals surface area contributed by atoms with Crippen LogP contribution in [0.15, 0.2) is 48.6 Å². The van der Waals surface area contributed by atoms with E-state index in [1.807, 2.05) is 6.08 Å². The molecule has 3 atom stereocenters. The van der Waals surface area contributed by atoms with Gasteiger partial charge in [0.2, 0.25) is 5.91 Å². The van der Waals surface area contributed by atoms with E-state index < -0.39 is 24.2 Å². The first kappa shape index (κ1) is 67.3. The van der Waals surface area contributed by atoms with Crippen LogP contribution in [-0.4, -0.2) is 46.1 Å². The molecule has 0 aromatic carbocycles. The molecule has 0 aromatic rings. The Labute approximate surface area is 431 Å². The zero-order chi connectivity index (χ0) is 50.0. The van der Waals surface area contributed by atoms with Crippen LogP contribution in [0, 0.1) is 0 Å². The summed E-state index contributed by atoms with van der Waals surface area (Å²) >= 11 is 0. The molecule has 5 heteroatoms. The number of carbonyl (C=O) groups is 1. The molecule has 0 radical (unpaired) electrons. The van der Waals surface area contributed by atoms with Gasteiger partial charge in [0, 0.05) is 0 Å². The van der Waals surface area contributed by atoms with Crippen molar-refractivity contribution >= 4 is 5.91 Å². The van der Waals surface area contributed by atoms with Crippen molar-refractivity contribution in [2.75, 3.05) is 6.61 Å². The van der Waals surface area contributed by atoms with Gasteiger partial charge in [0.15, 0.2) is 0 Å². The molecule has 1 amide bonds. The lowest BCUT2D eigenvalue weighted by atomic mass is 10.0. The second-order valence-corrected chi connectivity index (χ2v) is 21.3. The van der Waals surface area contributed by atoms with Gasteiger partial charge in [-0.1, -0.05) is 313 Å². The molecule has 0 bridgehead atoms. The van der Waals surface area contributed by atoms with Gasteiger partial charge in [-0.25, -0.2) is 0 Å². The first-order chi connectivity index (χ1) is 34.1. The van der Waals surface area contributed by atoms with Crippen LogP contribution in [0.4, 0.5) is 0 Å². The number of unbranched alkanes of at least 4 members (excludes halogenated alkanes) is 43. The first-order valence-corrected chi connectivity index (χ1v) is 31.0. The van der Waals surface area contributed by atoms with Crippen molar-refractivity contribution in [3.63, 3.8) is 0 Å². The maximum Gasteiger partial charge on any atom is 0.249 e. The standard InChI is InChI=1S/C64H121NO4/c1-3-5-7-9-11-13-15-17-19-21-23-25-26-27-28-29-30-31-32-33-34-35-36-37-39-41-43-45-47-49-51-53-55-57-59-63(68)64(69)65-61(60-66)62(67)58-56-54-52-50-48-46-44-42-40-38-24-22-20-18-16-14-12-10-8-6-4-2/h26-27,29-30,48,50,56,58,61-63,66-68H,3-25,28,31-47,49,51-55,57,59-60H2,1-2H3,(H,65,69)/b27-26-,30-29-,50-48+,58-56+. The zero-order valence-corrected chi connectivity index (χ0v) is 46.5. The fourth-order valence-corrected chi connectivity index (χ4v) is 9.59. The maximum absolute atomic E-state index is 12.6. The summed E-state index contributed by atoms with van der Waals surface area (Å²) in [5, 5.41) is 33.4. The highest BCUT2D eigenvalue weighted by Crippen LogP contribution is 2.17. The summed E-state index contributed by atoms with van der Waals surface area (Å²) < 4.78 is 0. The molecule has 0 saturated heterocycles. The average molecular weight is 969 g/mol. The molecule has 0 aliphatic heterocycles. The van der Waals surface area contributed by atoms with E-state index in [0.717, 1.165) is 44.9 Å². The fraction of sp³-hybridized carbons (Fsp3) is 0.859. The van der Waals surface area contributed by atoms with Gasteiger partial charge in [-0.3, -0.25) is 4.79 Å².